The average molecular weight is 326 g/mol. The van der Waals surface area contributed by atoms with E-state index in [1.165, 1.54) is 30.2 Å². The first kappa shape index (κ1) is 16.3. The number of ether oxygens (including phenoxy) is 1. The van der Waals surface area contributed by atoms with E-state index < -0.39 is 27.7 Å². The molecule has 7 nitrogen and oxygen atoms in total. The summed E-state index contributed by atoms with van der Waals surface area (Å²) in [4.78, 5) is 25.5. The third-order valence-corrected chi connectivity index (χ3v) is 4.78. The van der Waals surface area contributed by atoms with Gasteiger partial charge in [0, 0.05) is 12.8 Å². The fraction of sp³-hybridized carbons (Fsp3) is 0.429. The number of sulfone groups is 1. The maximum absolute atomic E-state index is 12.7. The molecule has 1 aliphatic heterocycles. The highest BCUT2D eigenvalue weighted by atomic mass is 32.2. The Balaban J connectivity index is 2.46. The standard InChI is InChI=1S/C14H18N2O5S/c1-21-12-6-5-9(22(2,19)20)8-10(12)14(18)16-7-3-4-11(16)13(15)17/h5-6,8,11H,3-4,7H2,1-2H3,(H2,15,17)/t11-/m1/s1. The molecule has 8 heteroatoms. The first-order chi connectivity index (χ1) is 10.3. The van der Waals surface area contributed by atoms with Crippen molar-refractivity contribution in [1.82, 2.24) is 4.90 Å². The van der Waals surface area contributed by atoms with Crippen molar-refractivity contribution in [2.45, 2.75) is 23.8 Å². The topological polar surface area (TPSA) is 107 Å². The molecule has 1 aliphatic rings. The summed E-state index contributed by atoms with van der Waals surface area (Å²) < 4.78 is 28.5. The number of amides is 2. The first-order valence-corrected chi connectivity index (χ1v) is 8.63. The van der Waals surface area contributed by atoms with Crippen LogP contribution in [0.25, 0.3) is 0 Å². The molecule has 1 aromatic rings. The van der Waals surface area contributed by atoms with Crippen LogP contribution in [0.1, 0.15) is 23.2 Å². The van der Waals surface area contributed by atoms with Crippen LogP contribution >= 0.6 is 0 Å². The van der Waals surface area contributed by atoms with Gasteiger partial charge in [-0.05, 0) is 31.0 Å². The molecule has 1 atom stereocenters. The van der Waals surface area contributed by atoms with Crippen LogP contribution < -0.4 is 10.5 Å². The van der Waals surface area contributed by atoms with Gasteiger partial charge in [-0.3, -0.25) is 9.59 Å². The van der Waals surface area contributed by atoms with Crippen molar-refractivity contribution in [1.29, 1.82) is 0 Å². The summed E-state index contributed by atoms with van der Waals surface area (Å²) in [7, 11) is -2.06. The lowest BCUT2D eigenvalue weighted by Gasteiger charge is -2.23. The van der Waals surface area contributed by atoms with Crippen LogP contribution in [0.4, 0.5) is 0 Å². The van der Waals surface area contributed by atoms with E-state index in [-0.39, 0.29) is 16.2 Å². The predicted molar refractivity (Wildman–Crippen MR) is 79.4 cm³/mol. The van der Waals surface area contributed by atoms with Crippen molar-refractivity contribution in [2.24, 2.45) is 5.73 Å². The molecule has 1 saturated heterocycles. The second kappa shape index (κ2) is 5.96. The summed E-state index contributed by atoms with van der Waals surface area (Å²) in [5.41, 5.74) is 5.42. The number of carbonyl (C=O) groups is 2. The zero-order chi connectivity index (χ0) is 16.5. The fourth-order valence-electron chi connectivity index (χ4n) is 2.55. The third-order valence-electron chi connectivity index (χ3n) is 3.67. The van der Waals surface area contributed by atoms with Crippen molar-refractivity contribution in [3.05, 3.63) is 23.8 Å². The molecule has 0 aromatic heterocycles. The largest absolute Gasteiger partial charge is 0.496 e. The van der Waals surface area contributed by atoms with E-state index in [1.54, 1.807) is 0 Å². The summed E-state index contributed by atoms with van der Waals surface area (Å²) in [5, 5.41) is 0. The van der Waals surface area contributed by atoms with E-state index in [0.29, 0.717) is 19.4 Å². The van der Waals surface area contributed by atoms with Crippen molar-refractivity contribution in [3.63, 3.8) is 0 Å². The molecule has 1 heterocycles. The lowest BCUT2D eigenvalue weighted by Crippen LogP contribution is -2.43. The quantitative estimate of drug-likeness (QED) is 0.850. The highest BCUT2D eigenvalue weighted by molar-refractivity contribution is 7.90. The summed E-state index contributed by atoms with van der Waals surface area (Å²) in [5.74, 6) is -0.764. The molecular weight excluding hydrogens is 308 g/mol. The number of carbonyl (C=O) groups excluding carboxylic acids is 2. The van der Waals surface area contributed by atoms with Crippen molar-refractivity contribution < 1.29 is 22.7 Å². The number of benzene rings is 1. The Morgan fingerprint density at radius 3 is 2.59 bits per heavy atom. The molecule has 1 fully saturated rings. The second-order valence-corrected chi connectivity index (χ2v) is 7.21. The zero-order valence-corrected chi connectivity index (χ0v) is 13.2. The molecule has 0 unspecified atom stereocenters. The average Bonchev–Trinajstić information content (AvgIpc) is 2.94. The van der Waals surface area contributed by atoms with Gasteiger partial charge in [0.1, 0.15) is 11.8 Å². The number of rotatable bonds is 4. The minimum absolute atomic E-state index is 0.0199. The SMILES string of the molecule is COc1ccc(S(C)(=O)=O)cc1C(=O)N1CCC[C@@H]1C(N)=O. The van der Waals surface area contributed by atoms with Crippen LogP contribution in [0.3, 0.4) is 0 Å². The van der Waals surface area contributed by atoms with Gasteiger partial charge in [-0.1, -0.05) is 0 Å². The number of nitrogens with zero attached hydrogens (tertiary/aromatic N) is 1. The molecule has 2 N–H and O–H groups in total. The number of methoxy groups -OCH3 is 1. The van der Waals surface area contributed by atoms with Crippen molar-refractivity contribution >= 4 is 21.7 Å². The zero-order valence-electron chi connectivity index (χ0n) is 12.4. The van der Waals surface area contributed by atoms with E-state index >= 15 is 0 Å². The summed E-state index contributed by atoms with van der Waals surface area (Å²) in [6.45, 7) is 0.401. The molecule has 0 spiro atoms. The third kappa shape index (κ3) is 3.06. The smallest absolute Gasteiger partial charge is 0.258 e. The second-order valence-electron chi connectivity index (χ2n) is 5.19. The monoisotopic (exact) mass is 326 g/mol. The van der Waals surface area contributed by atoms with Gasteiger partial charge in [-0.15, -0.1) is 0 Å². The maximum Gasteiger partial charge on any atom is 0.258 e. The van der Waals surface area contributed by atoms with Gasteiger partial charge in [0.2, 0.25) is 5.91 Å². The molecule has 0 aliphatic carbocycles. The summed E-state index contributed by atoms with van der Waals surface area (Å²) >= 11 is 0. The minimum atomic E-state index is -3.46. The van der Waals surface area contributed by atoms with Crippen molar-refractivity contribution in [2.75, 3.05) is 19.9 Å². The number of likely N-dealkylation sites (tertiary alicyclic amines) is 1. The van der Waals surface area contributed by atoms with E-state index in [1.807, 2.05) is 0 Å². The van der Waals surface area contributed by atoms with Gasteiger partial charge >= 0.3 is 0 Å². The number of hydrogen-bond donors (Lipinski definition) is 1. The summed E-state index contributed by atoms with van der Waals surface area (Å²) in [6, 6.07) is 3.41. The van der Waals surface area contributed by atoms with Crippen LogP contribution in [0.15, 0.2) is 23.1 Å². The first-order valence-electron chi connectivity index (χ1n) is 6.74. The van der Waals surface area contributed by atoms with E-state index in [9.17, 15) is 18.0 Å². The normalized spacial score (nSPS) is 18.3. The Hall–Kier alpha value is -2.09. The molecule has 0 saturated carbocycles. The van der Waals surface area contributed by atoms with Gasteiger partial charge in [-0.25, -0.2) is 8.42 Å². The van der Waals surface area contributed by atoms with Crippen LogP contribution in [-0.2, 0) is 14.6 Å². The number of nitrogens with two attached hydrogens (primary N) is 1. The maximum atomic E-state index is 12.7. The molecule has 1 aromatic carbocycles. The Bertz CT molecular complexity index is 714. The fourth-order valence-corrected chi connectivity index (χ4v) is 3.19. The molecular formula is C14H18N2O5S. The Labute approximate surface area is 129 Å². The highest BCUT2D eigenvalue weighted by Crippen LogP contribution is 2.27. The molecule has 2 rings (SSSR count). The van der Waals surface area contributed by atoms with Gasteiger partial charge in [0.05, 0.1) is 17.6 Å². The Kier molecular flexibility index (Phi) is 4.41. The molecule has 0 bridgehead atoms. The van der Waals surface area contributed by atoms with Gasteiger partial charge in [0.15, 0.2) is 9.84 Å². The summed E-state index contributed by atoms with van der Waals surface area (Å²) in [6.07, 6.45) is 2.24. The van der Waals surface area contributed by atoms with Crippen LogP contribution in [0.2, 0.25) is 0 Å². The Morgan fingerprint density at radius 2 is 2.05 bits per heavy atom. The molecule has 2 amide bonds. The van der Waals surface area contributed by atoms with E-state index in [2.05, 4.69) is 0 Å². The van der Waals surface area contributed by atoms with Gasteiger partial charge in [-0.2, -0.15) is 0 Å². The lowest BCUT2D eigenvalue weighted by molar-refractivity contribution is -0.121. The number of primary amides is 1. The van der Waals surface area contributed by atoms with Crippen molar-refractivity contribution in [3.8, 4) is 5.75 Å². The van der Waals surface area contributed by atoms with E-state index in [0.717, 1.165) is 6.26 Å². The van der Waals surface area contributed by atoms with Gasteiger partial charge in [0.25, 0.3) is 5.91 Å². The molecule has 22 heavy (non-hydrogen) atoms. The Morgan fingerprint density at radius 1 is 1.36 bits per heavy atom. The predicted octanol–water partition coefficient (Wildman–Crippen LogP) is 0.189. The van der Waals surface area contributed by atoms with Gasteiger partial charge < -0.3 is 15.4 Å². The minimum Gasteiger partial charge on any atom is -0.496 e. The number of hydrogen-bond acceptors (Lipinski definition) is 5. The van der Waals surface area contributed by atoms with E-state index in [4.69, 9.17) is 10.5 Å². The molecule has 120 valence electrons. The molecule has 0 radical (unpaired) electrons. The van der Waals surface area contributed by atoms with Crippen LogP contribution in [-0.4, -0.2) is 51.1 Å². The highest BCUT2D eigenvalue weighted by Gasteiger charge is 2.34. The van der Waals surface area contributed by atoms with Crippen LogP contribution in [0.5, 0.6) is 5.75 Å². The lowest BCUT2D eigenvalue weighted by atomic mass is 10.1. The van der Waals surface area contributed by atoms with Crippen LogP contribution in [0, 0.1) is 0 Å².